The van der Waals surface area contributed by atoms with E-state index in [9.17, 15) is 13.2 Å². The topological polar surface area (TPSA) is 101 Å². The van der Waals surface area contributed by atoms with Crippen molar-refractivity contribution < 1.29 is 17.8 Å². The van der Waals surface area contributed by atoms with E-state index in [0.717, 1.165) is 11.1 Å². The molecule has 7 heteroatoms. The number of nitrogens with zero attached hydrogens (tertiary/aromatic N) is 1. The second kappa shape index (κ2) is 5.76. The number of amides is 1. The van der Waals surface area contributed by atoms with Gasteiger partial charge >= 0.3 is 0 Å². The average Bonchev–Trinajstić information content (AvgIpc) is 2.34. The van der Waals surface area contributed by atoms with Crippen LogP contribution in [0.3, 0.4) is 0 Å². The molecule has 0 spiro atoms. The summed E-state index contributed by atoms with van der Waals surface area (Å²) in [5.74, 6) is 4.24. The van der Waals surface area contributed by atoms with E-state index in [-0.39, 0.29) is 0 Å². The molecule has 18 heavy (non-hydrogen) atoms. The third-order valence-electron chi connectivity index (χ3n) is 2.32. The van der Waals surface area contributed by atoms with Crippen molar-refractivity contribution in [2.75, 3.05) is 5.75 Å². The molecule has 0 aromatic heterocycles. The largest absolute Gasteiger partial charge is 0.285 e. The zero-order valence-corrected chi connectivity index (χ0v) is 10.4. The fraction of sp³-hybridized carbons (Fsp3) is 0.182. The molecule has 1 amide bonds. The van der Waals surface area contributed by atoms with Gasteiger partial charge in [-0.25, -0.2) is 5.84 Å². The molecule has 6 nitrogen and oxygen atoms in total. The highest BCUT2D eigenvalue weighted by molar-refractivity contribution is 7.85. The number of hydrogen-bond donors (Lipinski definition) is 2. The molecule has 1 unspecified atom stereocenters. The first kappa shape index (κ1) is 14.4. The molecular formula is C11H14N2O4S. The fourth-order valence-electron chi connectivity index (χ4n) is 1.47. The summed E-state index contributed by atoms with van der Waals surface area (Å²) in [6.07, 6.45) is 0.972. The van der Waals surface area contributed by atoms with E-state index >= 15 is 0 Å². The zero-order chi connectivity index (χ0) is 13.8. The molecule has 0 aliphatic heterocycles. The molecule has 1 aromatic rings. The molecule has 98 valence electrons. The van der Waals surface area contributed by atoms with Crippen LogP contribution in [-0.4, -0.2) is 29.6 Å². The molecule has 0 bridgehead atoms. The normalized spacial score (nSPS) is 12.8. The number of hydrogen-bond acceptors (Lipinski definition) is 4. The minimum Gasteiger partial charge on any atom is -0.285 e. The summed E-state index contributed by atoms with van der Waals surface area (Å²) in [4.78, 5) is 11.4. The van der Waals surface area contributed by atoms with Gasteiger partial charge in [0.05, 0.1) is 6.04 Å². The highest BCUT2D eigenvalue weighted by atomic mass is 32.2. The van der Waals surface area contributed by atoms with Crippen LogP contribution in [-0.2, 0) is 14.9 Å². The Balaban J connectivity index is 3.10. The second-order valence-electron chi connectivity index (χ2n) is 3.62. The van der Waals surface area contributed by atoms with Gasteiger partial charge in [-0.15, -0.1) is 0 Å². The monoisotopic (exact) mass is 270 g/mol. The number of benzene rings is 1. The van der Waals surface area contributed by atoms with Crippen LogP contribution in [0.25, 0.3) is 0 Å². The number of rotatable bonds is 5. The van der Waals surface area contributed by atoms with Crippen LogP contribution in [0.4, 0.5) is 0 Å². The van der Waals surface area contributed by atoms with Crippen LogP contribution in [0.2, 0.25) is 0 Å². The van der Waals surface area contributed by atoms with E-state index in [1.165, 1.54) is 0 Å². The third-order valence-corrected chi connectivity index (χ3v) is 3.05. The van der Waals surface area contributed by atoms with Crippen molar-refractivity contribution in [2.24, 2.45) is 5.84 Å². The van der Waals surface area contributed by atoms with Crippen molar-refractivity contribution in [3.05, 3.63) is 48.6 Å². The van der Waals surface area contributed by atoms with Gasteiger partial charge in [0.15, 0.2) is 0 Å². The van der Waals surface area contributed by atoms with Gasteiger partial charge in [0.2, 0.25) is 0 Å². The Hall–Kier alpha value is -1.70. The highest BCUT2D eigenvalue weighted by Crippen LogP contribution is 2.20. The molecule has 0 saturated carbocycles. The van der Waals surface area contributed by atoms with E-state index in [2.05, 4.69) is 6.58 Å². The van der Waals surface area contributed by atoms with Gasteiger partial charge in [0.1, 0.15) is 5.75 Å². The van der Waals surface area contributed by atoms with Gasteiger partial charge in [-0.1, -0.05) is 36.9 Å². The van der Waals surface area contributed by atoms with Gasteiger partial charge in [-0.05, 0) is 11.6 Å². The van der Waals surface area contributed by atoms with E-state index < -0.39 is 27.8 Å². The maximum absolute atomic E-state index is 11.4. The van der Waals surface area contributed by atoms with Crippen molar-refractivity contribution in [2.45, 2.75) is 6.04 Å². The third kappa shape index (κ3) is 3.95. The lowest BCUT2D eigenvalue weighted by Gasteiger charge is -2.25. The Kier molecular flexibility index (Phi) is 4.60. The van der Waals surface area contributed by atoms with Crippen molar-refractivity contribution in [1.29, 1.82) is 0 Å². The quantitative estimate of drug-likeness (QED) is 0.267. The molecule has 0 fully saturated rings. The summed E-state index contributed by atoms with van der Waals surface area (Å²) >= 11 is 0. The summed E-state index contributed by atoms with van der Waals surface area (Å²) in [5, 5.41) is 0.732. The maximum atomic E-state index is 11.4. The zero-order valence-electron chi connectivity index (χ0n) is 9.56. The fourth-order valence-corrected chi connectivity index (χ4v) is 2.22. The molecule has 1 rings (SSSR count). The van der Waals surface area contributed by atoms with Crippen LogP contribution in [0.15, 0.2) is 43.0 Å². The number of carbonyl (C=O) groups excluding carboxylic acids is 1. The molecule has 0 aliphatic rings. The van der Waals surface area contributed by atoms with Crippen LogP contribution in [0.5, 0.6) is 0 Å². The van der Waals surface area contributed by atoms with Gasteiger partial charge in [-0.2, -0.15) is 8.42 Å². The lowest BCUT2D eigenvalue weighted by molar-refractivity contribution is -0.128. The van der Waals surface area contributed by atoms with Crippen molar-refractivity contribution in [1.82, 2.24) is 5.01 Å². The van der Waals surface area contributed by atoms with Crippen LogP contribution in [0.1, 0.15) is 11.6 Å². The minimum absolute atomic E-state index is 0.507. The number of nitrogens with two attached hydrogens (primary N) is 1. The Morgan fingerprint density at radius 2 is 2.00 bits per heavy atom. The SMILES string of the molecule is C=CC(=O)N(N)C(CS(=O)(=O)O)c1ccccc1. The van der Waals surface area contributed by atoms with E-state index in [1.54, 1.807) is 30.3 Å². The highest BCUT2D eigenvalue weighted by Gasteiger charge is 2.25. The Bertz CT molecular complexity index is 527. The van der Waals surface area contributed by atoms with E-state index in [0.29, 0.717) is 5.56 Å². The molecule has 1 atom stereocenters. The Labute approximate surface area is 105 Å². The summed E-state index contributed by atoms with van der Waals surface area (Å²) in [5.41, 5.74) is 0.507. The van der Waals surface area contributed by atoms with Gasteiger partial charge in [-0.3, -0.25) is 14.4 Å². The van der Waals surface area contributed by atoms with Gasteiger partial charge < -0.3 is 0 Å². The van der Waals surface area contributed by atoms with E-state index in [4.69, 9.17) is 10.4 Å². The van der Waals surface area contributed by atoms with Crippen LogP contribution >= 0.6 is 0 Å². The lowest BCUT2D eigenvalue weighted by Crippen LogP contribution is -2.42. The standard InChI is InChI=1S/C11H14N2O4S/c1-2-11(14)13(12)10(8-18(15,16)17)9-6-4-3-5-7-9/h2-7,10H,1,8,12H2,(H,15,16,17). The Morgan fingerprint density at radius 3 is 2.44 bits per heavy atom. The second-order valence-corrected chi connectivity index (χ2v) is 5.12. The van der Waals surface area contributed by atoms with Crippen LogP contribution < -0.4 is 5.84 Å². The van der Waals surface area contributed by atoms with Crippen molar-refractivity contribution >= 4 is 16.0 Å². The summed E-state index contributed by atoms with van der Waals surface area (Å²) in [6.45, 7) is 3.27. The molecule has 0 radical (unpaired) electrons. The predicted octanol–water partition coefficient (Wildman–Crippen LogP) is 0.504. The average molecular weight is 270 g/mol. The lowest BCUT2D eigenvalue weighted by atomic mass is 10.1. The number of hydrazine groups is 1. The predicted molar refractivity (Wildman–Crippen MR) is 66.8 cm³/mol. The molecule has 0 aliphatic carbocycles. The first-order valence-electron chi connectivity index (χ1n) is 5.05. The Morgan fingerprint density at radius 1 is 1.44 bits per heavy atom. The first-order valence-corrected chi connectivity index (χ1v) is 6.66. The first-order chi connectivity index (χ1) is 8.35. The summed E-state index contributed by atoms with van der Waals surface area (Å²) in [7, 11) is -4.27. The van der Waals surface area contributed by atoms with Crippen molar-refractivity contribution in [3.8, 4) is 0 Å². The van der Waals surface area contributed by atoms with Crippen molar-refractivity contribution in [3.63, 3.8) is 0 Å². The van der Waals surface area contributed by atoms with Gasteiger partial charge in [0.25, 0.3) is 16.0 Å². The van der Waals surface area contributed by atoms with Crippen LogP contribution in [0, 0.1) is 0 Å². The molecule has 1 aromatic carbocycles. The molecular weight excluding hydrogens is 256 g/mol. The number of carbonyl (C=O) groups is 1. The molecule has 3 N–H and O–H groups in total. The van der Waals surface area contributed by atoms with E-state index in [1.807, 2.05) is 0 Å². The summed E-state index contributed by atoms with van der Waals surface area (Å²) in [6, 6.07) is 7.37. The summed E-state index contributed by atoms with van der Waals surface area (Å²) < 4.78 is 30.8. The van der Waals surface area contributed by atoms with Gasteiger partial charge in [0, 0.05) is 0 Å². The molecule has 0 saturated heterocycles. The minimum atomic E-state index is -4.27. The molecule has 0 heterocycles. The maximum Gasteiger partial charge on any atom is 0.267 e. The smallest absolute Gasteiger partial charge is 0.267 e.